The summed E-state index contributed by atoms with van der Waals surface area (Å²) in [5.41, 5.74) is 4.14. The highest BCUT2D eigenvalue weighted by Gasteiger charge is 2.09. The monoisotopic (exact) mass is 347 g/mol. The first-order chi connectivity index (χ1) is 12.3. The van der Waals surface area contributed by atoms with Crippen molar-refractivity contribution in [3.8, 4) is 11.1 Å². The maximum absolute atomic E-state index is 10.3. The zero-order valence-corrected chi connectivity index (χ0v) is 14.3. The number of nitrogens with zero attached hydrogens (tertiary/aromatic N) is 2. The van der Waals surface area contributed by atoms with Gasteiger partial charge in [0.2, 0.25) is 0 Å². The van der Waals surface area contributed by atoms with E-state index in [1.165, 1.54) is 0 Å². The molecule has 5 heteroatoms. The topological polar surface area (TPSA) is 58.0 Å². The first kappa shape index (κ1) is 15.7. The van der Waals surface area contributed by atoms with Crippen molar-refractivity contribution in [3.63, 3.8) is 0 Å². The SMILES string of the molecule is OC(CNc1nc2ccc(-c3ccncc3)cc2s1)c1ccccc1. The van der Waals surface area contributed by atoms with Gasteiger partial charge in [0, 0.05) is 18.9 Å². The van der Waals surface area contributed by atoms with Crippen molar-refractivity contribution in [2.45, 2.75) is 6.10 Å². The minimum atomic E-state index is -0.555. The Morgan fingerprint density at radius 1 is 0.960 bits per heavy atom. The average Bonchev–Trinajstić information content (AvgIpc) is 3.09. The highest BCUT2D eigenvalue weighted by Crippen LogP contribution is 2.30. The third-order valence-electron chi connectivity index (χ3n) is 4.03. The van der Waals surface area contributed by atoms with Gasteiger partial charge in [-0.25, -0.2) is 4.98 Å². The highest BCUT2D eigenvalue weighted by molar-refractivity contribution is 7.22. The Bertz CT molecular complexity index is 970. The minimum absolute atomic E-state index is 0.432. The molecule has 124 valence electrons. The van der Waals surface area contributed by atoms with Crippen LogP contribution in [0.15, 0.2) is 73.1 Å². The molecule has 0 aliphatic heterocycles. The van der Waals surface area contributed by atoms with Gasteiger partial charge in [0.05, 0.1) is 16.3 Å². The molecule has 0 fully saturated rings. The van der Waals surface area contributed by atoms with Crippen molar-refractivity contribution in [2.75, 3.05) is 11.9 Å². The molecule has 0 aliphatic carbocycles. The van der Waals surface area contributed by atoms with Gasteiger partial charge in [-0.1, -0.05) is 47.7 Å². The Labute approximate surface area is 149 Å². The van der Waals surface area contributed by atoms with Crippen molar-refractivity contribution in [1.29, 1.82) is 0 Å². The molecule has 0 radical (unpaired) electrons. The lowest BCUT2D eigenvalue weighted by atomic mass is 10.1. The Kier molecular flexibility index (Phi) is 4.41. The van der Waals surface area contributed by atoms with Gasteiger partial charge < -0.3 is 10.4 Å². The van der Waals surface area contributed by atoms with E-state index in [2.05, 4.69) is 27.4 Å². The lowest BCUT2D eigenvalue weighted by Gasteiger charge is -2.10. The summed E-state index contributed by atoms with van der Waals surface area (Å²) >= 11 is 1.59. The molecule has 0 saturated heterocycles. The number of nitrogens with one attached hydrogen (secondary N) is 1. The summed E-state index contributed by atoms with van der Waals surface area (Å²) in [6.07, 6.45) is 3.04. The third-order valence-corrected chi connectivity index (χ3v) is 5.01. The summed E-state index contributed by atoms with van der Waals surface area (Å²) in [5, 5.41) is 14.3. The lowest BCUT2D eigenvalue weighted by molar-refractivity contribution is 0.191. The van der Waals surface area contributed by atoms with Crippen molar-refractivity contribution in [1.82, 2.24) is 9.97 Å². The van der Waals surface area contributed by atoms with Crippen molar-refractivity contribution < 1.29 is 5.11 Å². The number of aliphatic hydroxyl groups is 1. The molecule has 0 bridgehead atoms. The average molecular weight is 347 g/mol. The molecule has 0 saturated carbocycles. The van der Waals surface area contributed by atoms with Crippen molar-refractivity contribution in [2.24, 2.45) is 0 Å². The van der Waals surface area contributed by atoms with Gasteiger partial charge in [0.15, 0.2) is 5.13 Å². The predicted molar refractivity (Wildman–Crippen MR) is 103 cm³/mol. The van der Waals surface area contributed by atoms with E-state index < -0.39 is 6.10 Å². The molecule has 1 atom stereocenters. The molecule has 0 aliphatic rings. The fourth-order valence-corrected chi connectivity index (χ4v) is 3.61. The summed E-state index contributed by atoms with van der Waals surface area (Å²) < 4.78 is 1.12. The van der Waals surface area contributed by atoms with E-state index in [1.807, 2.05) is 48.5 Å². The van der Waals surface area contributed by atoms with Gasteiger partial charge in [-0.3, -0.25) is 4.98 Å². The maximum atomic E-state index is 10.3. The van der Waals surface area contributed by atoms with Gasteiger partial charge >= 0.3 is 0 Å². The number of rotatable bonds is 5. The number of hydrogen-bond acceptors (Lipinski definition) is 5. The molecular weight excluding hydrogens is 330 g/mol. The Morgan fingerprint density at radius 3 is 2.56 bits per heavy atom. The number of aromatic nitrogens is 2. The molecule has 4 rings (SSSR count). The summed E-state index contributed by atoms with van der Waals surface area (Å²) in [7, 11) is 0. The molecule has 4 nitrogen and oxygen atoms in total. The Balaban J connectivity index is 1.51. The first-order valence-electron chi connectivity index (χ1n) is 8.07. The number of thiazole rings is 1. The number of aliphatic hydroxyl groups excluding tert-OH is 1. The van der Waals surface area contributed by atoms with Crippen LogP contribution in [0.2, 0.25) is 0 Å². The lowest BCUT2D eigenvalue weighted by Crippen LogP contribution is -2.11. The largest absolute Gasteiger partial charge is 0.387 e. The van der Waals surface area contributed by atoms with Crippen molar-refractivity contribution >= 4 is 26.7 Å². The standard InChI is InChI=1S/C20H17N3OS/c24-18(15-4-2-1-3-5-15)13-22-20-23-17-7-6-16(12-19(17)25-20)14-8-10-21-11-9-14/h1-12,18,24H,13H2,(H,22,23). The number of benzene rings is 2. The maximum Gasteiger partial charge on any atom is 0.183 e. The van der Waals surface area contributed by atoms with E-state index in [9.17, 15) is 5.11 Å². The summed E-state index contributed by atoms with van der Waals surface area (Å²) in [5.74, 6) is 0. The minimum Gasteiger partial charge on any atom is -0.387 e. The Hall–Kier alpha value is -2.76. The van der Waals surface area contributed by atoms with E-state index in [-0.39, 0.29) is 0 Å². The molecule has 2 N–H and O–H groups in total. The molecule has 25 heavy (non-hydrogen) atoms. The van der Waals surface area contributed by atoms with Crippen LogP contribution in [0, 0.1) is 0 Å². The fraction of sp³-hybridized carbons (Fsp3) is 0.100. The van der Waals surface area contributed by atoms with Crippen LogP contribution in [-0.4, -0.2) is 21.6 Å². The molecule has 1 unspecified atom stereocenters. The summed E-state index contributed by atoms with van der Waals surface area (Å²) in [6, 6.07) is 19.9. The second-order valence-electron chi connectivity index (χ2n) is 5.74. The molecule has 2 aromatic carbocycles. The quantitative estimate of drug-likeness (QED) is 0.558. The molecule has 0 spiro atoms. The van der Waals surface area contributed by atoms with E-state index in [4.69, 9.17) is 0 Å². The normalized spacial score (nSPS) is 12.2. The van der Waals surface area contributed by atoms with Crippen LogP contribution in [0.1, 0.15) is 11.7 Å². The predicted octanol–water partition coefficient (Wildman–Crippen LogP) is 4.50. The number of hydrogen-bond donors (Lipinski definition) is 2. The first-order valence-corrected chi connectivity index (χ1v) is 8.89. The van der Waals surface area contributed by atoms with Gasteiger partial charge in [-0.05, 0) is 41.0 Å². The fourth-order valence-electron chi connectivity index (χ4n) is 2.70. The third kappa shape index (κ3) is 3.52. The molecule has 0 amide bonds. The van der Waals surface area contributed by atoms with Crippen LogP contribution in [0.25, 0.3) is 21.3 Å². The van der Waals surface area contributed by atoms with Gasteiger partial charge in [-0.15, -0.1) is 0 Å². The molecule has 2 heterocycles. The zero-order valence-electron chi connectivity index (χ0n) is 13.5. The van der Waals surface area contributed by atoms with Crippen LogP contribution in [0.4, 0.5) is 5.13 Å². The van der Waals surface area contributed by atoms with Crippen LogP contribution in [0.3, 0.4) is 0 Å². The molecule has 2 aromatic heterocycles. The summed E-state index contributed by atoms with van der Waals surface area (Å²) in [6.45, 7) is 0.432. The van der Waals surface area contributed by atoms with Gasteiger partial charge in [-0.2, -0.15) is 0 Å². The number of fused-ring (bicyclic) bond motifs is 1. The molecule has 4 aromatic rings. The van der Waals surface area contributed by atoms with Crippen LogP contribution in [0.5, 0.6) is 0 Å². The van der Waals surface area contributed by atoms with Gasteiger partial charge in [0.1, 0.15) is 0 Å². The van der Waals surface area contributed by atoms with E-state index >= 15 is 0 Å². The second kappa shape index (κ2) is 7.01. The van der Waals surface area contributed by atoms with E-state index in [1.54, 1.807) is 23.7 Å². The van der Waals surface area contributed by atoms with Crippen LogP contribution >= 0.6 is 11.3 Å². The highest BCUT2D eigenvalue weighted by atomic mass is 32.1. The molecular formula is C20H17N3OS. The van der Waals surface area contributed by atoms with E-state index in [0.717, 1.165) is 32.0 Å². The van der Waals surface area contributed by atoms with Crippen LogP contribution in [-0.2, 0) is 0 Å². The number of anilines is 1. The van der Waals surface area contributed by atoms with E-state index in [0.29, 0.717) is 6.54 Å². The Morgan fingerprint density at radius 2 is 1.76 bits per heavy atom. The van der Waals surface area contributed by atoms with Crippen LogP contribution < -0.4 is 5.32 Å². The van der Waals surface area contributed by atoms with Crippen molar-refractivity contribution in [3.05, 3.63) is 78.6 Å². The smallest absolute Gasteiger partial charge is 0.183 e. The zero-order chi connectivity index (χ0) is 17.1. The van der Waals surface area contributed by atoms with Gasteiger partial charge in [0.25, 0.3) is 0 Å². The number of pyridine rings is 1. The second-order valence-corrected chi connectivity index (χ2v) is 6.78. The summed E-state index contributed by atoms with van der Waals surface area (Å²) in [4.78, 5) is 8.66.